The normalized spacial score (nSPS) is 15.9. The van der Waals surface area contributed by atoms with Gasteiger partial charge in [0, 0.05) is 13.1 Å². The number of hydrogen-bond donors (Lipinski definition) is 0. The Morgan fingerprint density at radius 2 is 2.04 bits per heavy atom. The Kier molecular flexibility index (Phi) is 5.64. The SMILES string of the molecule is COc1ccc2oc(=O)n(CCC3CCN(Cc4ccsc4)CC3)c(=O)c2c1. The molecule has 0 radical (unpaired) electrons. The second kappa shape index (κ2) is 8.32. The molecule has 148 valence electrons. The van der Waals surface area contributed by atoms with Crippen LogP contribution in [0.15, 0.2) is 49.0 Å². The average molecular weight is 401 g/mol. The van der Waals surface area contributed by atoms with Gasteiger partial charge in [-0.15, -0.1) is 0 Å². The highest BCUT2D eigenvalue weighted by Crippen LogP contribution is 2.23. The third-order valence-electron chi connectivity index (χ3n) is 5.53. The van der Waals surface area contributed by atoms with Crippen LogP contribution in [0.3, 0.4) is 0 Å². The molecule has 0 amide bonds. The lowest BCUT2D eigenvalue weighted by Crippen LogP contribution is -2.36. The second-order valence-electron chi connectivity index (χ2n) is 7.33. The fourth-order valence-electron chi connectivity index (χ4n) is 3.85. The Morgan fingerprint density at radius 3 is 2.75 bits per heavy atom. The number of ether oxygens (including phenoxy) is 1. The van der Waals surface area contributed by atoms with E-state index in [1.54, 1.807) is 36.6 Å². The van der Waals surface area contributed by atoms with Crippen molar-refractivity contribution >= 4 is 22.3 Å². The van der Waals surface area contributed by atoms with E-state index in [-0.39, 0.29) is 5.56 Å². The van der Waals surface area contributed by atoms with Crippen LogP contribution in [-0.4, -0.2) is 29.7 Å². The molecular weight excluding hydrogens is 376 g/mol. The highest BCUT2D eigenvalue weighted by molar-refractivity contribution is 7.07. The predicted octanol–water partition coefficient (Wildman–Crippen LogP) is 3.33. The maximum absolute atomic E-state index is 12.8. The molecule has 1 aliphatic heterocycles. The number of thiophene rings is 1. The van der Waals surface area contributed by atoms with Crippen molar-refractivity contribution in [2.45, 2.75) is 32.4 Å². The van der Waals surface area contributed by atoms with Crippen LogP contribution in [0.5, 0.6) is 5.75 Å². The van der Waals surface area contributed by atoms with E-state index >= 15 is 0 Å². The zero-order valence-corrected chi connectivity index (χ0v) is 16.7. The van der Waals surface area contributed by atoms with Crippen LogP contribution in [0.4, 0.5) is 0 Å². The number of methoxy groups -OCH3 is 1. The summed E-state index contributed by atoms with van der Waals surface area (Å²) in [5.41, 5.74) is 1.37. The molecule has 1 aromatic carbocycles. The Labute approximate surface area is 167 Å². The number of benzene rings is 1. The summed E-state index contributed by atoms with van der Waals surface area (Å²) in [5.74, 6) is 0.506. The highest BCUT2D eigenvalue weighted by atomic mass is 32.1. The molecule has 0 aliphatic carbocycles. The van der Waals surface area contributed by atoms with Gasteiger partial charge in [0.2, 0.25) is 0 Å². The van der Waals surface area contributed by atoms with Crippen molar-refractivity contribution in [1.82, 2.24) is 9.47 Å². The minimum Gasteiger partial charge on any atom is -0.497 e. The summed E-state index contributed by atoms with van der Waals surface area (Å²) in [6, 6.07) is 7.08. The van der Waals surface area contributed by atoms with Crippen molar-refractivity contribution in [1.29, 1.82) is 0 Å². The molecule has 0 atom stereocenters. The van der Waals surface area contributed by atoms with Gasteiger partial charge in [0.25, 0.3) is 5.56 Å². The molecule has 3 heterocycles. The fourth-order valence-corrected chi connectivity index (χ4v) is 4.51. The van der Waals surface area contributed by atoms with Gasteiger partial charge in [0.1, 0.15) is 11.3 Å². The van der Waals surface area contributed by atoms with Crippen molar-refractivity contribution in [3.05, 3.63) is 61.5 Å². The van der Waals surface area contributed by atoms with Crippen LogP contribution in [0.1, 0.15) is 24.8 Å². The lowest BCUT2D eigenvalue weighted by molar-refractivity contribution is 0.168. The van der Waals surface area contributed by atoms with E-state index in [1.807, 2.05) is 0 Å². The van der Waals surface area contributed by atoms with E-state index < -0.39 is 5.76 Å². The minimum absolute atomic E-state index is 0.300. The van der Waals surface area contributed by atoms with Crippen molar-refractivity contribution in [2.75, 3.05) is 20.2 Å². The summed E-state index contributed by atoms with van der Waals surface area (Å²) >= 11 is 1.73. The van der Waals surface area contributed by atoms with Gasteiger partial charge in [-0.05, 0) is 78.9 Å². The Balaban J connectivity index is 1.40. The fraction of sp³-hybridized carbons (Fsp3) is 0.429. The number of likely N-dealkylation sites (tertiary alicyclic amines) is 1. The van der Waals surface area contributed by atoms with E-state index in [0.717, 1.165) is 38.9 Å². The summed E-state index contributed by atoms with van der Waals surface area (Å²) < 4.78 is 11.7. The average Bonchev–Trinajstić information content (AvgIpc) is 3.22. The van der Waals surface area contributed by atoms with Crippen molar-refractivity contribution < 1.29 is 9.15 Å². The molecule has 0 bridgehead atoms. The van der Waals surface area contributed by atoms with E-state index in [4.69, 9.17) is 9.15 Å². The zero-order chi connectivity index (χ0) is 19.5. The molecule has 1 aliphatic rings. The quantitative estimate of drug-likeness (QED) is 0.635. The molecule has 6 nitrogen and oxygen atoms in total. The van der Waals surface area contributed by atoms with Crippen molar-refractivity contribution in [3.63, 3.8) is 0 Å². The van der Waals surface area contributed by atoms with Gasteiger partial charge in [0.05, 0.1) is 12.5 Å². The molecule has 7 heteroatoms. The van der Waals surface area contributed by atoms with Gasteiger partial charge in [-0.2, -0.15) is 11.3 Å². The van der Waals surface area contributed by atoms with Gasteiger partial charge in [-0.1, -0.05) is 0 Å². The summed E-state index contributed by atoms with van der Waals surface area (Å²) in [6.07, 6.45) is 2.99. The first-order valence-corrected chi connectivity index (χ1v) is 10.5. The summed E-state index contributed by atoms with van der Waals surface area (Å²) in [7, 11) is 1.55. The largest absolute Gasteiger partial charge is 0.497 e. The standard InChI is InChI=1S/C21H24N2O4S/c1-26-17-2-3-19-18(12-17)20(24)23(21(25)27-19)10-6-15-4-8-22(9-5-15)13-16-7-11-28-14-16/h2-3,7,11-12,14-15H,4-6,8-10,13H2,1H3. The first-order valence-electron chi connectivity index (χ1n) is 9.59. The van der Waals surface area contributed by atoms with E-state index in [9.17, 15) is 9.59 Å². The smallest absolute Gasteiger partial charge is 0.422 e. The van der Waals surface area contributed by atoms with Crippen LogP contribution < -0.4 is 16.1 Å². The Morgan fingerprint density at radius 1 is 1.21 bits per heavy atom. The van der Waals surface area contributed by atoms with Crippen molar-refractivity contribution in [3.8, 4) is 5.75 Å². The monoisotopic (exact) mass is 400 g/mol. The van der Waals surface area contributed by atoms with Crippen LogP contribution in [0.2, 0.25) is 0 Å². The molecule has 4 rings (SSSR count). The molecule has 1 saturated heterocycles. The highest BCUT2D eigenvalue weighted by Gasteiger charge is 2.20. The molecule has 3 aromatic rings. The van der Waals surface area contributed by atoms with Crippen LogP contribution in [-0.2, 0) is 13.1 Å². The number of rotatable bonds is 6. The summed E-state index contributed by atoms with van der Waals surface area (Å²) in [6.45, 7) is 3.51. The lowest BCUT2D eigenvalue weighted by atomic mass is 9.93. The van der Waals surface area contributed by atoms with E-state index in [2.05, 4.69) is 21.7 Å². The van der Waals surface area contributed by atoms with Gasteiger partial charge in [-0.25, -0.2) is 9.36 Å². The molecule has 28 heavy (non-hydrogen) atoms. The first-order chi connectivity index (χ1) is 13.6. The molecule has 2 aromatic heterocycles. The van der Waals surface area contributed by atoms with Crippen LogP contribution >= 0.6 is 11.3 Å². The second-order valence-corrected chi connectivity index (χ2v) is 8.11. The van der Waals surface area contributed by atoms with Crippen molar-refractivity contribution in [2.24, 2.45) is 5.92 Å². The molecule has 0 spiro atoms. The molecule has 0 saturated carbocycles. The molecular formula is C21H24N2O4S. The first kappa shape index (κ1) is 19.0. The zero-order valence-electron chi connectivity index (χ0n) is 15.9. The predicted molar refractivity (Wildman–Crippen MR) is 110 cm³/mol. The molecule has 0 N–H and O–H groups in total. The van der Waals surface area contributed by atoms with E-state index in [0.29, 0.717) is 29.2 Å². The Hall–Kier alpha value is -2.38. The third kappa shape index (κ3) is 4.05. The minimum atomic E-state index is -0.586. The maximum atomic E-state index is 12.8. The number of hydrogen-bond acceptors (Lipinski definition) is 6. The number of fused-ring (bicyclic) bond motifs is 1. The van der Waals surface area contributed by atoms with Gasteiger partial charge in [-0.3, -0.25) is 9.69 Å². The summed E-state index contributed by atoms with van der Waals surface area (Å²) in [5, 5.41) is 4.70. The third-order valence-corrected chi connectivity index (χ3v) is 6.27. The van der Waals surface area contributed by atoms with Gasteiger partial charge >= 0.3 is 5.76 Å². The topological polar surface area (TPSA) is 64.7 Å². The van der Waals surface area contributed by atoms with E-state index in [1.165, 1.54) is 10.1 Å². The number of nitrogens with zero attached hydrogens (tertiary/aromatic N) is 2. The summed E-state index contributed by atoms with van der Waals surface area (Å²) in [4.78, 5) is 27.5. The number of aromatic nitrogens is 1. The maximum Gasteiger partial charge on any atom is 0.422 e. The van der Waals surface area contributed by atoms with Gasteiger partial charge < -0.3 is 9.15 Å². The molecule has 1 fully saturated rings. The Bertz CT molecular complexity index is 1050. The van der Waals surface area contributed by atoms with Crippen LogP contribution in [0, 0.1) is 5.92 Å². The lowest BCUT2D eigenvalue weighted by Gasteiger charge is -2.31. The van der Waals surface area contributed by atoms with Gasteiger partial charge in [0.15, 0.2) is 0 Å². The molecule has 0 unspecified atom stereocenters. The van der Waals surface area contributed by atoms with Crippen LogP contribution in [0.25, 0.3) is 11.0 Å². The number of piperidine rings is 1.